The Hall–Kier alpha value is -3.48. The molecule has 0 saturated heterocycles. The van der Waals surface area contributed by atoms with Crippen LogP contribution in [-0.4, -0.2) is 47.8 Å². The van der Waals surface area contributed by atoms with Gasteiger partial charge in [-0.05, 0) is 60.4 Å². The van der Waals surface area contributed by atoms with E-state index in [9.17, 15) is 34.8 Å². The largest absolute Gasteiger partial charge is 0.416 e. The van der Waals surface area contributed by atoms with E-state index in [0.29, 0.717) is 18.1 Å². The lowest BCUT2D eigenvalue weighted by Crippen LogP contribution is -2.38. The van der Waals surface area contributed by atoms with Crippen molar-refractivity contribution in [2.24, 2.45) is 0 Å². The minimum absolute atomic E-state index is 0.0708. The fraction of sp³-hybridized carbons (Fsp3) is 0.300. The second kappa shape index (κ2) is 13.7. The topological polar surface area (TPSA) is 101 Å². The van der Waals surface area contributed by atoms with Crippen molar-refractivity contribution in [2.75, 3.05) is 20.1 Å². The lowest BCUT2D eigenvalue weighted by Gasteiger charge is -2.22. The monoisotopic (exact) mass is 622 g/mol. The van der Waals surface area contributed by atoms with Crippen LogP contribution < -0.4 is 4.72 Å². The van der Waals surface area contributed by atoms with Crippen molar-refractivity contribution in [3.63, 3.8) is 0 Å². The van der Waals surface area contributed by atoms with Crippen molar-refractivity contribution in [1.29, 1.82) is 0 Å². The molecule has 12 heteroatoms. The van der Waals surface area contributed by atoms with Crippen LogP contribution in [0.2, 0.25) is 0 Å². The number of alkyl halides is 3. The van der Waals surface area contributed by atoms with Gasteiger partial charge in [-0.25, -0.2) is 21.6 Å². The van der Waals surface area contributed by atoms with Gasteiger partial charge in [-0.15, -0.1) is 6.58 Å². The van der Waals surface area contributed by atoms with Crippen molar-refractivity contribution in [2.45, 2.75) is 47.4 Å². The first-order chi connectivity index (χ1) is 19.7. The molecule has 1 unspecified atom stereocenters. The first kappa shape index (κ1) is 33.0. The summed E-state index contributed by atoms with van der Waals surface area (Å²) in [5, 5.41) is -1.93. The Kier molecular flexibility index (Phi) is 10.7. The molecule has 0 aliphatic heterocycles. The smallest absolute Gasteiger partial charge is 0.340 e. The van der Waals surface area contributed by atoms with E-state index < -0.39 is 47.3 Å². The summed E-state index contributed by atoms with van der Waals surface area (Å²) >= 11 is 0. The molecule has 0 bridgehead atoms. The number of halogens is 3. The number of nitrogens with one attached hydrogen (secondary N) is 1. The van der Waals surface area contributed by atoms with Gasteiger partial charge in [0, 0.05) is 25.7 Å². The zero-order valence-electron chi connectivity index (χ0n) is 23.3. The highest BCUT2D eigenvalue weighted by molar-refractivity contribution is 7.91. The minimum atomic E-state index is -4.97. The van der Waals surface area contributed by atoms with Crippen LogP contribution in [0, 0.1) is 0 Å². The molecule has 0 saturated carbocycles. The van der Waals surface area contributed by atoms with Gasteiger partial charge in [0.2, 0.25) is 19.9 Å². The normalized spacial score (nSPS) is 13.0. The van der Waals surface area contributed by atoms with Gasteiger partial charge in [0.25, 0.3) is 5.91 Å². The minimum Gasteiger partial charge on any atom is -0.340 e. The number of aryl methyl sites for hydroxylation is 1. The average molecular weight is 623 g/mol. The number of carbonyl (C=O) groups is 1. The van der Waals surface area contributed by atoms with Crippen LogP contribution in [0.1, 0.15) is 52.1 Å². The van der Waals surface area contributed by atoms with E-state index in [4.69, 9.17) is 0 Å². The molecule has 0 spiro atoms. The SMILES string of the molecule is C=CC(c1cc(S(=O)(=O)c2ccccc2)ccc1C(F)(F)F)S(=O)(=O)NCCN(C)C(=O)c1ccccc1CCCC. The van der Waals surface area contributed by atoms with Crippen molar-refractivity contribution >= 4 is 25.8 Å². The van der Waals surface area contributed by atoms with Crippen molar-refractivity contribution < 1.29 is 34.8 Å². The van der Waals surface area contributed by atoms with E-state index in [1.165, 1.54) is 36.2 Å². The van der Waals surface area contributed by atoms with Gasteiger partial charge in [-0.1, -0.05) is 55.8 Å². The second-order valence-electron chi connectivity index (χ2n) is 9.65. The highest BCUT2D eigenvalue weighted by Gasteiger charge is 2.39. The molecule has 0 aliphatic carbocycles. The van der Waals surface area contributed by atoms with Crippen LogP contribution >= 0.6 is 0 Å². The predicted molar refractivity (Wildman–Crippen MR) is 155 cm³/mol. The average Bonchev–Trinajstić information content (AvgIpc) is 2.95. The summed E-state index contributed by atoms with van der Waals surface area (Å²) in [5.74, 6) is -0.320. The van der Waals surface area contributed by atoms with Crippen molar-refractivity contribution in [1.82, 2.24) is 9.62 Å². The molecular formula is C30H33F3N2O5S2. The number of hydrogen-bond acceptors (Lipinski definition) is 5. The van der Waals surface area contributed by atoms with E-state index >= 15 is 0 Å². The van der Waals surface area contributed by atoms with E-state index in [2.05, 4.69) is 11.3 Å². The summed E-state index contributed by atoms with van der Waals surface area (Å²) < 4.78 is 96.9. The van der Waals surface area contributed by atoms with Crippen LogP contribution in [0.3, 0.4) is 0 Å². The summed E-state index contributed by atoms with van der Waals surface area (Å²) in [6.45, 7) is 5.09. The number of benzene rings is 3. The maximum atomic E-state index is 14.0. The molecule has 3 aromatic carbocycles. The molecule has 3 rings (SSSR count). The molecule has 0 fully saturated rings. The van der Waals surface area contributed by atoms with E-state index in [-0.39, 0.29) is 23.9 Å². The molecule has 1 N–H and O–H groups in total. The summed E-state index contributed by atoms with van der Waals surface area (Å²) in [4.78, 5) is 13.7. The summed E-state index contributed by atoms with van der Waals surface area (Å²) in [6.07, 6.45) is -1.61. The Balaban J connectivity index is 1.86. The number of sulfone groups is 1. The van der Waals surface area contributed by atoms with Crippen LogP contribution in [0.25, 0.3) is 0 Å². The number of nitrogens with zero attached hydrogens (tertiary/aromatic N) is 1. The van der Waals surface area contributed by atoms with Crippen LogP contribution in [0.4, 0.5) is 13.2 Å². The van der Waals surface area contributed by atoms with Gasteiger partial charge in [0.15, 0.2) is 0 Å². The molecule has 226 valence electrons. The Morgan fingerprint density at radius 3 is 2.24 bits per heavy atom. The molecular weight excluding hydrogens is 589 g/mol. The lowest BCUT2D eigenvalue weighted by molar-refractivity contribution is -0.138. The highest BCUT2D eigenvalue weighted by Crippen LogP contribution is 2.39. The Labute approximate surface area is 245 Å². The molecule has 3 aromatic rings. The number of unbranched alkanes of at least 4 members (excludes halogenated alkanes) is 1. The number of likely N-dealkylation sites (N-methyl/N-ethyl adjacent to an activating group) is 1. The third-order valence-electron chi connectivity index (χ3n) is 6.69. The maximum Gasteiger partial charge on any atom is 0.416 e. The predicted octanol–water partition coefficient (Wildman–Crippen LogP) is 5.80. The standard InChI is InChI=1S/C30H33F3N2O5S2/c1-4-6-12-22-13-10-11-16-25(22)29(36)35(3)20-19-34-42(39,40)28(5-2)26-21-24(17-18-27(26)30(31,32)33)41(37,38)23-14-8-7-9-15-23/h5,7-11,13-18,21,28,34H,2,4,6,12,19-20H2,1,3H3. The van der Waals surface area contributed by atoms with Gasteiger partial charge in [-0.2, -0.15) is 13.2 Å². The van der Waals surface area contributed by atoms with Crippen molar-refractivity contribution in [3.8, 4) is 0 Å². The Bertz CT molecular complexity index is 1620. The third kappa shape index (κ3) is 7.67. The molecule has 1 amide bonds. The number of carbonyl (C=O) groups excluding carboxylic acids is 1. The molecule has 0 aromatic heterocycles. The van der Waals surface area contributed by atoms with Crippen LogP contribution in [0.5, 0.6) is 0 Å². The fourth-order valence-corrected chi connectivity index (χ4v) is 7.08. The number of sulfonamides is 1. The number of rotatable bonds is 13. The van der Waals surface area contributed by atoms with Crippen LogP contribution in [-0.2, 0) is 32.5 Å². The molecule has 42 heavy (non-hydrogen) atoms. The molecule has 0 aliphatic rings. The summed E-state index contributed by atoms with van der Waals surface area (Å²) in [5.41, 5.74) is -0.725. The first-order valence-electron chi connectivity index (χ1n) is 13.2. The lowest BCUT2D eigenvalue weighted by atomic mass is 10.0. The van der Waals surface area contributed by atoms with Gasteiger partial charge in [-0.3, -0.25) is 4.79 Å². The molecule has 7 nitrogen and oxygen atoms in total. The quantitative estimate of drug-likeness (QED) is 0.243. The highest BCUT2D eigenvalue weighted by atomic mass is 32.2. The van der Waals surface area contributed by atoms with Gasteiger partial charge in [0.05, 0.1) is 15.4 Å². The molecule has 0 radical (unpaired) electrons. The zero-order valence-corrected chi connectivity index (χ0v) is 24.9. The molecule has 0 heterocycles. The van der Waals surface area contributed by atoms with E-state index in [1.807, 2.05) is 19.1 Å². The molecule has 1 atom stereocenters. The maximum absolute atomic E-state index is 14.0. The van der Waals surface area contributed by atoms with Gasteiger partial charge >= 0.3 is 6.18 Å². The van der Waals surface area contributed by atoms with Gasteiger partial charge < -0.3 is 4.90 Å². The van der Waals surface area contributed by atoms with Crippen molar-refractivity contribution in [3.05, 3.63) is 108 Å². The second-order valence-corrected chi connectivity index (χ2v) is 13.5. The number of hydrogen-bond donors (Lipinski definition) is 1. The zero-order chi connectivity index (χ0) is 31.1. The Morgan fingerprint density at radius 2 is 1.62 bits per heavy atom. The van der Waals surface area contributed by atoms with Gasteiger partial charge in [0.1, 0.15) is 5.25 Å². The van der Waals surface area contributed by atoms with Crippen LogP contribution in [0.15, 0.2) is 95.2 Å². The van der Waals surface area contributed by atoms with E-state index in [1.54, 1.807) is 18.2 Å². The third-order valence-corrected chi connectivity index (χ3v) is 10.2. The summed E-state index contributed by atoms with van der Waals surface area (Å²) in [7, 11) is -7.29. The fourth-order valence-electron chi connectivity index (χ4n) is 4.42. The summed E-state index contributed by atoms with van der Waals surface area (Å²) in [6, 6.07) is 16.3. The Morgan fingerprint density at radius 1 is 0.976 bits per heavy atom. The first-order valence-corrected chi connectivity index (χ1v) is 16.2. The van der Waals surface area contributed by atoms with E-state index in [0.717, 1.165) is 36.6 Å². The number of amides is 1.